The second-order valence-electron chi connectivity index (χ2n) is 6.41. The molecular formula is C17H24N2O2. The van der Waals surface area contributed by atoms with E-state index in [-0.39, 0.29) is 23.7 Å². The van der Waals surface area contributed by atoms with E-state index >= 15 is 0 Å². The van der Waals surface area contributed by atoms with Crippen LogP contribution < -0.4 is 10.6 Å². The van der Waals surface area contributed by atoms with Crippen molar-refractivity contribution in [2.24, 2.45) is 0 Å². The summed E-state index contributed by atoms with van der Waals surface area (Å²) in [6, 6.07) is 10.4. The molecule has 0 saturated heterocycles. The molecule has 4 nitrogen and oxygen atoms in total. The predicted octanol–water partition coefficient (Wildman–Crippen LogP) is 2.67. The smallest absolute Gasteiger partial charge is 0.315 e. The van der Waals surface area contributed by atoms with Crippen molar-refractivity contribution in [1.82, 2.24) is 10.6 Å². The Morgan fingerprint density at radius 3 is 2.33 bits per heavy atom. The maximum absolute atomic E-state index is 12.3. The van der Waals surface area contributed by atoms with Crippen LogP contribution in [0.3, 0.4) is 0 Å². The second-order valence-corrected chi connectivity index (χ2v) is 6.41. The molecule has 2 saturated carbocycles. The van der Waals surface area contributed by atoms with E-state index in [0.717, 1.165) is 44.9 Å². The highest BCUT2D eigenvalue weighted by Gasteiger charge is 2.40. The molecule has 2 amide bonds. The monoisotopic (exact) mass is 288 g/mol. The van der Waals surface area contributed by atoms with E-state index in [9.17, 15) is 9.90 Å². The molecule has 4 heteroatoms. The van der Waals surface area contributed by atoms with E-state index < -0.39 is 0 Å². The number of carbonyl (C=O) groups excluding carboxylic acids is 1. The molecule has 3 N–H and O–H groups in total. The first-order chi connectivity index (χ1) is 10.2. The summed E-state index contributed by atoms with van der Waals surface area (Å²) in [6.45, 7) is 0. The lowest BCUT2D eigenvalue weighted by atomic mass is 9.72. The lowest BCUT2D eigenvalue weighted by Crippen LogP contribution is -2.55. The lowest BCUT2D eigenvalue weighted by molar-refractivity contribution is 0.115. The fraction of sp³-hybridized carbons (Fsp3) is 0.588. The number of amides is 2. The quantitative estimate of drug-likeness (QED) is 0.801. The van der Waals surface area contributed by atoms with Crippen molar-refractivity contribution in [3.63, 3.8) is 0 Å². The average Bonchev–Trinajstić information content (AvgIpc) is 2.46. The zero-order valence-corrected chi connectivity index (χ0v) is 12.3. The molecule has 0 aliphatic heterocycles. The van der Waals surface area contributed by atoms with Crippen LogP contribution in [-0.2, 0) is 5.54 Å². The molecule has 0 bridgehead atoms. The van der Waals surface area contributed by atoms with Crippen LogP contribution in [-0.4, -0.2) is 23.3 Å². The Morgan fingerprint density at radius 1 is 1.10 bits per heavy atom. The van der Waals surface area contributed by atoms with Crippen LogP contribution in [0.2, 0.25) is 0 Å². The minimum absolute atomic E-state index is 0.0695. The highest BCUT2D eigenvalue weighted by molar-refractivity contribution is 5.75. The standard InChI is InChI=1S/C17H24N2O2/c20-15-9-7-14(8-10-15)18-16(21)19-17(11-4-12-17)13-5-2-1-3-6-13/h1-3,5-6,14-15,20H,4,7-12H2,(H2,18,19,21). The third-order valence-corrected chi connectivity index (χ3v) is 4.92. The first-order valence-electron chi connectivity index (χ1n) is 8.00. The van der Waals surface area contributed by atoms with E-state index in [0.29, 0.717) is 0 Å². The number of hydrogen-bond acceptors (Lipinski definition) is 2. The van der Waals surface area contributed by atoms with E-state index in [1.54, 1.807) is 0 Å². The fourth-order valence-corrected chi connectivity index (χ4v) is 3.43. The van der Waals surface area contributed by atoms with Crippen molar-refractivity contribution in [3.05, 3.63) is 35.9 Å². The Morgan fingerprint density at radius 2 is 1.76 bits per heavy atom. The van der Waals surface area contributed by atoms with Crippen molar-refractivity contribution in [2.45, 2.75) is 62.6 Å². The maximum Gasteiger partial charge on any atom is 0.315 e. The molecule has 114 valence electrons. The molecule has 0 atom stereocenters. The summed E-state index contributed by atoms with van der Waals surface area (Å²) in [5.74, 6) is 0. The minimum Gasteiger partial charge on any atom is -0.393 e. The van der Waals surface area contributed by atoms with Crippen molar-refractivity contribution < 1.29 is 9.90 Å². The first-order valence-corrected chi connectivity index (χ1v) is 8.00. The van der Waals surface area contributed by atoms with Gasteiger partial charge in [0, 0.05) is 6.04 Å². The van der Waals surface area contributed by atoms with E-state index in [1.807, 2.05) is 18.2 Å². The number of rotatable bonds is 3. The summed E-state index contributed by atoms with van der Waals surface area (Å²) in [4.78, 5) is 12.3. The van der Waals surface area contributed by atoms with Gasteiger partial charge in [-0.2, -0.15) is 0 Å². The van der Waals surface area contributed by atoms with Gasteiger partial charge in [-0.1, -0.05) is 30.3 Å². The number of aliphatic hydroxyl groups is 1. The first kappa shape index (κ1) is 14.4. The molecule has 1 aromatic rings. The van der Waals surface area contributed by atoms with Crippen LogP contribution in [0.25, 0.3) is 0 Å². The zero-order chi connectivity index (χ0) is 14.7. The minimum atomic E-state index is -0.187. The summed E-state index contributed by atoms with van der Waals surface area (Å²) in [5.41, 5.74) is 1.02. The SMILES string of the molecule is O=C(NC1CCC(O)CC1)NC1(c2ccccc2)CCC1. The largest absolute Gasteiger partial charge is 0.393 e. The van der Waals surface area contributed by atoms with Gasteiger partial charge in [0.15, 0.2) is 0 Å². The summed E-state index contributed by atoms with van der Waals surface area (Å²) in [6.07, 6.45) is 6.30. The fourth-order valence-electron chi connectivity index (χ4n) is 3.43. The van der Waals surface area contributed by atoms with Crippen LogP contribution in [0.1, 0.15) is 50.5 Å². The summed E-state index contributed by atoms with van der Waals surface area (Å²) in [7, 11) is 0. The van der Waals surface area contributed by atoms with Gasteiger partial charge < -0.3 is 15.7 Å². The number of urea groups is 1. The zero-order valence-electron chi connectivity index (χ0n) is 12.3. The number of carbonyl (C=O) groups is 1. The van der Waals surface area contributed by atoms with Crippen molar-refractivity contribution in [3.8, 4) is 0 Å². The van der Waals surface area contributed by atoms with Crippen molar-refractivity contribution in [1.29, 1.82) is 0 Å². The van der Waals surface area contributed by atoms with Gasteiger partial charge in [-0.15, -0.1) is 0 Å². The molecule has 1 aromatic carbocycles. The van der Waals surface area contributed by atoms with Crippen LogP contribution in [0.15, 0.2) is 30.3 Å². The van der Waals surface area contributed by atoms with E-state index in [1.165, 1.54) is 5.56 Å². The third-order valence-electron chi connectivity index (χ3n) is 4.92. The Bertz CT molecular complexity index is 477. The summed E-state index contributed by atoms with van der Waals surface area (Å²) < 4.78 is 0. The lowest BCUT2D eigenvalue weighted by Gasteiger charge is -2.43. The number of nitrogens with one attached hydrogen (secondary N) is 2. The predicted molar refractivity (Wildman–Crippen MR) is 81.9 cm³/mol. The van der Waals surface area contributed by atoms with Gasteiger partial charge in [0.25, 0.3) is 0 Å². The molecule has 0 heterocycles. The average molecular weight is 288 g/mol. The Labute approximate surface area is 125 Å². The van der Waals surface area contributed by atoms with Crippen LogP contribution in [0.4, 0.5) is 4.79 Å². The van der Waals surface area contributed by atoms with Gasteiger partial charge >= 0.3 is 6.03 Å². The van der Waals surface area contributed by atoms with Gasteiger partial charge in [-0.05, 0) is 50.5 Å². The third kappa shape index (κ3) is 3.21. The van der Waals surface area contributed by atoms with E-state index in [4.69, 9.17) is 0 Å². The molecule has 21 heavy (non-hydrogen) atoms. The van der Waals surface area contributed by atoms with Crippen molar-refractivity contribution >= 4 is 6.03 Å². The molecule has 2 aliphatic carbocycles. The molecule has 0 unspecified atom stereocenters. The topological polar surface area (TPSA) is 61.4 Å². The van der Waals surface area contributed by atoms with Gasteiger partial charge in [0.2, 0.25) is 0 Å². The Kier molecular flexibility index (Phi) is 4.15. The van der Waals surface area contributed by atoms with Gasteiger partial charge in [-0.3, -0.25) is 0 Å². The molecule has 2 aliphatic rings. The molecule has 3 rings (SSSR count). The van der Waals surface area contributed by atoms with Gasteiger partial charge in [0.05, 0.1) is 11.6 Å². The number of benzene rings is 1. The number of hydrogen-bond donors (Lipinski definition) is 3. The highest BCUT2D eigenvalue weighted by atomic mass is 16.3. The Hall–Kier alpha value is -1.55. The molecule has 2 fully saturated rings. The van der Waals surface area contributed by atoms with Crippen LogP contribution >= 0.6 is 0 Å². The maximum atomic E-state index is 12.3. The van der Waals surface area contributed by atoms with Crippen LogP contribution in [0.5, 0.6) is 0 Å². The number of aliphatic hydroxyl groups excluding tert-OH is 1. The molecule has 0 spiro atoms. The normalized spacial score (nSPS) is 27.5. The summed E-state index contributed by atoms with van der Waals surface area (Å²) in [5, 5.41) is 15.8. The summed E-state index contributed by atoms with van der Waals surface area (Å²) >= 11 is 0. The molecular weight excluding hydrogens is 264 g/mol. The van der Waals surface area contributed by atoms with Crippen LogP contribution in [0, 0.1) is 0 Å². The molecule has 0 radical (unpaired) electrons. The second kappa shape index (κ2) is 6.06. The van der Waals surface area contributed by atoms with E-state index in [2.05, 4.69) is 22.8 Å². The van der Waals surface area contributed by atoms with Gasteiger partial charge in [-0.25, -0.2) is 4.79 Å². The highest BCUT2D eigenvalue weighted by Crippen LogP contribution is 2.41. The molecule has 0 aromatic heterocycles. The van der Waals surface area contributed by atoms with Gasteiger partial charge in [0.1, 0.15) is 0 Å². The Balaban J connectivity index is 1.58. The van der Waals surface area contributed by atoms with Crippen molar-refractivity contribution in [2.75, 3.05) is 0 Å².